The standard InChI is InChI=1S/C8H8N4/c1-5-10-8-4-6(9)2-3-7(8)12-11-5/h2-4H,9H2,1H3. The molecule has 2 N–H and O–H groups in total. The molecule has 0 atom stereocenters. The second kappa shape index (κ2) is 2.41. The highest BCUT2D eigenvalue weighted by Crippen LogP contribution is 2.11. The van der Waals surface area contributed by atoms with Crippen LogP contribution >= 0.6 is 0 Å². The third-order valence-corrected chi connectivity index (χ3v) is 1.58. The van der Waals surface area contributed by atoms with Crippen molar-refractivity contribution in [1.82, 2.24) is 15.2 Å². The maximum Gasteiger partial charge on any atom is 0.148 e. The van der Waals surface area contributed by atoms with Crippen LogP contribution < -0.4 is 5.73 Å². The van der Waals surface area contributed by atoms with Gasteiger partial charge in [0.05, 0.1) is 5.52 Å². The van der Waals surface area contributed by atoms with Crippen molar-refractivity contribution >= 4 is 16.7 Å². The average Bonchev–Trinajstić information content (AvgIpc) is 2.03. The maximum absolute atomic E-state index is 5.59. The van der Waals surface area contributed by atoms with Crippen LogP contribution in [0.3, 0.4) is 0 Å². The zero-order valence-corrected chi connectivity index (χ0v) is 6.65. The number of fused-ring (bicyclic) bond motifs is 1. The number of aryl methyl sites for hydroxylation is 1. The number of benzene rings is 1. The molecule has 0 saturated carbocycles. The lowest BCUT2D eigenvalue weighted by molar-refractivity contribution is 0.952. The normalized spacial score (nSPS) is 10.4. The molecule has 0 aliphatic heterocycles. The number of nitrogens with zero attached hydrogens (tertiary/aromatic N) is 3. The summed E-state index contributed by atoms with van der Waals surface area (Å²) in [6.07, 6.45) is 0. The highest BCUT2D eigenvalue weighted by Gasteiger charge is 1.97. The molecule has 0 aliphatic carbocycles. The van der Waals surface area contributed by atoms with Gasteiger partial charge in [-0.25, -0.2) is 4.98 Å². The first-order valence-corrected chi connectivity index (χ1v) is 3.62. The van der Waals surface area contributed by atoms with Crippen molar-refractivity contribution in [3.8, 4) is 0 Å². The molecule has 0 radical (unpaired) electrons. The van der Waals surface area contributed by atoms with Gasteiger partial charge in [-0.1, -0.05) is 0 Å². The quantitative estimate of drug-likeness (QED) is 0.582. The molecular weight excluding hydrogens is 152 g/mol. The average molecular weight is 160 g/mol. The van der Waals surface area contributed by atoms with E-state index in [1.807, 2.05) is 6.07 Å². The van der Waals surface area contributed by atoms with Gasteiger partial charge in [-0.15, -0.1) is 10.2 Å². The minimum atomic E-state index is 0.660. The smallest absolute Gasteiger partial charge is 0.148 e. The zero-order chi connectivity index (χ0) is 8.55. The van der Waals surface area contributed by atoms with Gasteiger partial charge in [-0.2, -0.15) is 0 Å². The Balaban J connectivity index is 2.80. The van der Waals surface area contributed by atoms with Crippen molar-refractivity contribution in [2.24, 2.45) is 0 Å². The van der Waals surface area contributed by atoms with Crippen LogP contribution in [0, 0.1) is 6.92 Å². The monoisotopic (exact) mass is 160 g/mol. The van der Waals surface area contributed by atoms with Gasteiger partial charge in [0.15, 0.2) is 0 Å². The van der Waals surface area contributed by atoms with Gasteiger partial charge in [0.1, 0.15) is 11.3 Å². The molecule has 1 aromatic carbocycles. The predicted octanol–water partition coefficient (Wildman–Crippen LogP) is 0.915. The van der Waals surface area contributed by atoms with Crippen LogP contribution in [0.4, 0.5) is 5.69 Å². The first-order chi connectivity index (χ1) is 5.75. The molecule has 2 aromatic rings. The molecule has 0 amide bonds. The summed E-state index contributed by atoms with van der Waals surface area (Å²) in [6.45, 7) is 1.80. The second-order valence-electron chi connectivity index (χ2n) is 2.61. The Labute approximate surface area is 69.4 Å². The summed E-state index contributed by atoms with van der Waals surface area (Å²) in [4.78, 5) is 4.18. The van der Waals surface area contributed by atoms with Gasteiger partial charge in [0.25, 0.3) is 0 Å². The number of hydrogen-bond acceptors (Lipinski definition) is 4. The Morgan fingerprint density at radius 3 is 2.83 bits per heavy atom. The van der Waals surface area contributed by atoms with E-state index in [9.17, 15) is 0 Å². The second-order valence-corrected chi connectivity index (χ2v) is 2.61. The van der Waals surface area contributed by atoms with E-state index in [4.69, 9.17) is 5.73 Å². The summed E-state index contributed by atoms with van der Waals surface area (Å²) in [5.74, 6) is 0.660. The zero-order valence-electron chi connectivity index (χ0n) is 6.65. The Morgan fingerprint density at radius 1 is 1.17 bits per heavy atom. The van der Waals surface area contributed by atoms with Crippen LogP contribution in [0.5, 0.6) is 0 Å². The summed E-state index contributed by atoms with van der Waals surface area (Å²) in [5, 5.41) is 7.79. The molecule has 1 heterocycles. The molecule has 60 valence electrons. The Kier molecular flexibility index (Phi) is 1.40. The molecule has 2 rings (SSSR count). The molecule has 0 spiro atoms. The third-order valence-electron chi connectivity index (χ3n) is 1.58. The molecule has 12 heavy (non-hydrogen) atoms. The van der Waals surface area contributed by atoms with Gasteiger partial charge in [-0.05, 0) is 25.1 Å². The van der Waals surface area contributed by atoms with E-state index >= 15 is 0 Å². The van der Waals surface area contributed by atoms with Gasteiger partial charge in [-0.3, -0.25) is 0 Å². The lowest BCUT2D eigenvalue weighted by Crippen LogP contribution is -1.93. The van der Waals surface area contributed by atoms with Crippen molar-refractivity contribution in [3.05, 3.63) is 24.0 Å². The van der Waals surface area contributed by atoms with E-state index in [0.29, 0.717) is 11.5 Å². The van der Waals surface area contributed by atoms with Crippen LogP contribution in [0.2, 0.25) is 0 Å². The third kappa shape index (κ3) is 1.07. The van der Waals surface area contributed by atoms with Crippen LogP contribution in [0.1, 0.15) is 5.82 Å². The van der Waals surface area contributed by atoms with Crippen LogP contribution in [0.25, 0.3) is 11.0 Å². The van der Waals surface area contributed by atoms with E-state index in [1.165, 1.54) is 0 Å². The van der Waals surface area contributed by atoms with E-state index in [2.05, 4.69) is 15.2 Å². The number of nitrogens with two attached hydrogens (primary N) is 1. The van der Waals surface area contributed by atoms with Gasteiger partial charge in [0.2, 0.25) is 0 Å². The van der Waals surface area contributed by atoms with Crippen molar-refractivity contribution in [2.75, 3.05) is 5.73 Å². The topological polar surface area (TPSA) is 64.7 Å². The molecule has 1 aromatic heterocycles. The number of hydrogen-bond donors (Lipinski definition) is 1. The van der Waals surface area contributed by atoms with Crippen LogP contribution in [0.15, 0.2) is 18.2 Å². The van der Waals surface area contributed by atoms with Crippen molar-refractivity contribution in [1.29, 1.82) is 0 Å². The summed E-state index contributed by atoms with van der Waals surface area (Å²) in [5.41, 5.74) is 7.85. The minimum absolute atomic E-state index is 0.660. The fourth-order valence-corrected chi connectivity index (χ4v) is 1.04. The van der Waals surface area contributed by atoms with Crippen molar-refractivity contribution < 1.29 is 0 Å². The number of anilines is 1. The molecule has 4 nitrogen and oxygen atoms in total. The van der Waals surface area contributed by atoms with Crippen molar-refractivity contribution in [2.45, 2.75) is 6.92 Å². The van der Waals surface area contributed by atoms with E-state index in [-0.39, 0.29) is 0 Å². The largest absolute Gasteiger partial charge is 0.399 e. The van der Waals surface area contributed by atoms with Crippen LogP contribution in [-0.2, 0) is 0 Å². The molecule has 0 fully saturated rings. The molecule has 4 heteroatoms. The van der Waals surface area contributed by atoms with Gasteiger partial charge < -0.3 is 5.73 Å². The fourth-order valence-electron chi connectivity index (χ4n) is 1.04. The molecular formula is C8H8N4. The van der Waals surface area contributed by atoms with Gasteiger partial charge in [0, 0.05) is 5.69 Å². The van der Waals surface area contributed by atoms with E-state index < -0.39 is 0 Å². The molecule has 0 saturated heterocycles. The Morgan fingerprint density at radius 2 is 2.00 bits per heavy atom. The number of aromatic nitrogens is 3. The highest BCUT2D eigenvalue weighted by molar-refractivity contribution is 5.77. The van der Waals surface area contributed by atoms with Crippen molar-refractivity contribution in [3.63, 3.8) is 0 Å². The lowest BCUT2D eigenvalue weighted by Gasteiger charge is -1.96. The van der Waals surface area contributed by atoms with Gasteiger partial charge >= 0.3 is 0 Å². The van der Waals surface area contributed by atoms with E-state index in [1.54, 1.807) is 19.1 Å². The Bertz CT molecular complexity index is 388. The molecule has 0 aliphatic rings. The first kappa shape index (κ1) is 6.97. The summed E-state index contributed by atoms with van der Waals surface area (Å²) in [7, 11) is 0. The first-order valence-electron chi connectivity index (χ1n) is 3.62. The van der Waals surface area contributed by atoms with E-state index in [0.717, 1.165) is 11.0 Å². The Hall–Kier alpha value is -1.71. The lowest BCUT2D eigenvalue weighted by atomic mass is 10.3. The molecule has 0 bridgehead atoms. The summed E-state index contributed by atoms with van der Waals surface area (Å²) < 4.78 is 0. The summed E-state index contributed by atoms with van der Waals surface area (Å²) in [6, 6.07) is 5.38. The predicted molar refractivity (Wildman–Crippen MR) is 46.5 cm³/mol. The number of nitrogen functional groups attached to an aromatic ring is 1. The fraction of sp³-hybridized carbons (Fsp3) is 0.125. The number of rotatable bonds is 0. The van der Waals surface area contributed by atoms with Crippen LogP contribution in [-0.4, -0.2) is 15.2 Å². The minimum Gasteiger partial charge on any atom is -0.399 e. The maximum atomic E-state index is 5.59. The highest BCUT2D eigenvalue weighted by atomic mass is 15.1. The molecule has 0 unspecified atom stereocenters. The summed E-state index contributed by atoms with van der Waals surface area (Å²) >= 11 is 0. The SMILES string of the molecule is Cc1nnc2ccc(N)cc2n1.